The summed E-state index contributed by atoms with van der Waals surface area (Å²) in [6.07, 6.45) is 1.76. The number of rotatable bonds is 5. The first-order valence-electron chi connectivity index (χ1n) is 10.4. The molecule has 2 heterocycles. The van der Waals surface area contributed by atoms with E-state index in [-0.39, 0.29) is 17.8 Å². The number of hydrogen-bond acceptors (Lipinski definition) is 4. The largest absolute Gasteiger partial charge is 0.369 e. The van der Waals surface area contributed by atoms with Crippen LogP contribution in [-0.4, -0.2) is 61.5 Å². The first kappa shape index (κ1) is 19.9. The topological polar surface area (TPSA) is 38.8 Å². The van der Waals surface area contributed by atoms with Crippen molar-refractivity contribution < 1.29 is 9.18 Å². The molecule has 154 valence electrons. The number of piperazine rings is 1. The maximum Gasteiger partial charge on any atom is 0.241 e. The summed E-state index contributed by atoms with van der Waals surface area (Å²) in [5.74, 6) is -0.218. The molecule has 1 unspecified atom stereocenters. The summed E-state index contributed by atoms with van der Waals surface area (Å²) in [5.41, 5.74) is 2.65. The van der Waals surface area contributed by atoms with Crippen molar-refractivity contribution in [1.29, 1.82) is 0 Å². The van der Waals surface area contributed by atoms with Crippen molar-refractivity contribution in [3.05, 3.63) is 59.9 Å². The highest BCUT2D eigenvalue weighted by Crippen LogP contribution is 2.24. The summed E-state index contributed by atoms with van der Waals surface area (Å²) in [6, 6.07) is 14.7. The van der Waals surface area contributed by atoms with E-state index < -0.39 is 0 Å². The fourth-order valence-electron chi connectivity index (χ4n) is 4.20. The Balaban J connectivity index is 1.36. The lowest BCUT2D eigenvalue weighted by atomic mass is 10.1. The molecule has 0 aliphatic carbocycles. The highest BCUT2D eigenvalue weighted by molar-refractivity contribution is 5.95. The number of likely N-dealkylation sites (tertiary alicyclic amines) is 1. The average molecular weight is 397 g/mol. The molecular weight excluding hydrogens is 367 g/mol. The summed E-state index contributed by atoms with van der Waals surface area (Å²) in [4.78, 5) is 19.6. The summed E-state index contributed by atoms with van der Waals surface area (Å²) < 4.78 is 14.0. The third-order valence-corrected chi connectivity index (χ3v) is 6.00. The normalized spacial score (nSPS) is 20.8. The Morgan fingerprint density at radius 3 is 2.48 bits per heavy atom. The molecule has 5 nitrogen and oxygen atoms in total. The van der Waals surface area contributed by atoms with Crippen LogP contribution in [0, 0.1) is 5.82 Å². The Hall–Kier alpha value is -2.44. The molecule has 2 aromatic carbocycles. The lowest BCUT2D eigenvalue weighted by Gasteiger charge is -2.34. The van der Waals surface area contributed by atoms with Gasteiger partial charge in [-0.25, -0.2) is 4.39 Å². The molecular formula is C23H29FN4O. The predicted molar refractivity (Wildman–Crippen MR) is 115 cm³/mol. The molecule has 0 radical (unpaired) electrons. The minimum Gasteiger partial charge on any atom is -0.369 e. The van der Waals surface area contributed by atoms with Gasteiger partial charge in [0.2, 0.25) is 5.91 Å². The second kappa shape index (κ2) is 8.93. The molecule has 2 aromatic rings. The van der Waals surface area contributed by atoms with Gasteiger partial charge in [-0.1, -0.05) is 18.2 Å². The van der Waals surface area contributed by atoms with Crippen molar-refractivity contribution in [2.45, 2.75) is 25.4 Å². The molecule has 0 saturated carbocycles. The van der Waals surface area contributed by atoms with Gasteiger partial charge in [-0.3, -0.25) is 9.69 Å². The molecule has 2 saturated heterocycles. The molecule has 0 aromatic heterocycles. The molecule has 2 aliphatic rings. The lowest BCUT2D eigenvalue weighted by Crippen LogP contribution is -2.44. The third-order valence-electron chi connectivity index (χ3n) is 6.00. The number of carbonyl (C=O) groups is 1. The van der Waals surface area contributed by atoms with Gasteiger partial charge in [-0.15, -0.1) is 0 Å². The summed E-state index contributed by atoms with van der Waals surface area (Å²) in [5, 5.41) is 3.05. The second-order valence-electron chi connectivity index (χ2n) is 8.05. The quantitative estimate of drug-likeness (QED) is 0.843. The van der Waals surface area contributed by atoms with Gasteiger partial charge in [0, 0.05) is 49.7 Å². The molecule has 1 amide bonds. The van der Waals surface area contributed by atoms with Crippen LogP contribution < -0.4 is 10.2 Å². The summed E-state index contributed by atoms with van der Waals surface area (Å²) in [6.45, 7) is 5.46. The number of halogens is 1. The van der Waals surface area contributed by atoms with Crippen molar-refractivity contribution >= 4 is 17.3 Å². The first-order chi connectivity index (χ1) is 14.1. The molecule has 29 heavy (non-hydrogen) atoms. The first-order valence-corrected chi connectivity index (χ1v) is 10.4. The van der Waals surface area contributed by atoms with E-state index in [0.717, 1.165) is 51.3 Å². The molecule has 0 bridgehead atoms. The van der Waals surface area contributed by atoms with E-state index in [9.17, 15) is 9.18 Å². The third kappa shape index (κ3) is 4.77. The van der Waals surface area contributed by atoms with E-state index in [1.165, 1.54) is 11.8 Å². The fourth-order valence-corrected chi connectivity index (χ4v) is 4.20. The van der Waals surface area contributed by atoms with Gasteiger partial charge in [0.25, 0.3) is 0 Å². The monoisotopic (exact) mass is 396 g/mol. The number of carbonyl (C=O) groups excluding carboxylic acids is 1. The molecule has 1 N–H and O–H groups in total. The van der Waals surface area contributed by atoms with Gasteiger partial charge < -0.3 is 15.1 Å². The Labute approximate surface area is 172 Å². The lowest BCUT2D eigenvalue weighted by molar-refractivity contribution is -0.120. The Morgan fingerprint density at radius 2 is 1.76 bits per heavy atom. The van der Waals surface area contributed by atoms with Crippen LogP contribution in [0.3, 0.4) is 0 Å². The maximum absolute atomic E-state index is 14.0. The van der Waals surface area contributed by atoms with E-state index >= 15 is 0 Å². The molecule has 1 atom stereocenters. The van der Waals surface area contributed by atoms with Crippen molar-refractivity contribution in [1.82, 2.24) is 9.80 Å². The molecule has 4 rings (SSSR count). The van der Waals surface area contributed by atoms with E-state index in [4.69, 9.17) is 0 Å². The summed E-state index contributed by atoms with van der Waals surface area (Å²) >= 11 is 0. The minimum absolute atomic E-state index is 0.00816. The highest BCUT2D eigenvalue weighted by atomic mass is 19.1. The van der Waals surface area contributed by atoms with Gasteiger partial charge in [0.1, 0.15) is 5.82 Å². The number of nitrogens with one attached hydrogen (secondary N) is 1. The highest BCUT2D eigenvalue weighted by Gasteiger charge is 2.31. The van der Waals surface area contributed by atoms with E-state index in [1.54, 1.807) is 12.1 Å². The zero-order valence-corrected chi connectivity index (χ0v) is 17.0. The summed E-state index contributed by atoms with van der Waals surface area (Å²) in [7, 11) is 2.15. The number of nitrogens with zero attached hydrogens (tertiary/aromatic N) is 3. The van der Waals surface area contributed by atoms with Crippen LogP contribution in [0.1, 0.15) is 18.4 Å². The smallest absolute Gasteiger partial charge is 0.241 e. The second-order valence-corrected chi connectivity index (χ2v) is 8.05. The van der Waals surface area contributed by atoms with Crippen LogP contribution in [-0.2, 0) is 11.3 Å². The standard InChI is InChI=1S/C23H29FN4O/c1-26-13-15-27(16-14-26)20-10-8-19(9-11-20)25-23(29)22-7-4-12-28(22)17-18-5-2-3-6-21(18)24/h2-3,5-6,8-11,22H,4,7,12-17H2,1H3,(H,25,29). The van der Waals surface area contributed by atoms with Crippen LogP contribution in [0.2, 0.25) is 0 Å². The molecule has 2 aliphatic heterocycles. The minimum atomic E-state index is -0.216. The zero-order chi connectivity index (χ0) is 20.2. The average Bonchev–Trinajstić information content (AvgIpc) is 3.19. The van der Waals surface area contributed by atoms with Crippen LogP contribution in [0.25, 0.3) is 0 Å². The number of amides is 1. The zero-order valence-electron chi connectivity index (χ0n) is 17.0. The SMILES string of the molecule is CN1CCN(c2ccc(NC(=O)C3CCCN3Cc3ccccc3F)cc2)CC1. The van der Waals surface area contributed by atoms with Crippen LogP contribution in [0.15, 0.2) is 48.5 Å². The van der Waals surface area contributed by atoms with Crippen molar-refractivity contribution in [2.24, 2.45) is 0 Å². The predicted octanol–water partition coefficient (Wildman–Crippen LogP) is 3.18. The van der Waals surface area contributed by atoms with Crippen molar-refractivity contribution in [2.75, 3.05) is 50.0 Å². The van der Waals surface area contributed by atoms with Crippen LogP contribution in [0.4, 0.5) is 15.8 Å². The van der Waals surface area contributed by atoms with Crippen LogP contribution >= 0.6 is 0 Å². The molecule has 0 spiro atoms. The Kier molecular flexibility index (Phi) is 6.11. The van der Waals surface area contributed by atoms with E-state index in [2.05, 4.69) is 39.2 Å². The van der Waals surface area contributed by atoms with E-state index in [0.29, 0.717) is 12.1 Å². The van der Waals surface area contributed by atoms with Crippen LogP contribution in [0.5, 0.6) is 0 Å². The molecule has 6 heteroatoms. The van der Waals surface area contributed by atoms with Crippen molar-refractivity contribution in [3.8, 4) is 0 Å². The fraction of sp³-hybridized carbons (Fsp3) is 0.435. The van der Waals surface area contributed by atoms with Gasteiger partial charge in [0.05, 0.1) is 6.04 Å². The Bertz CT molecular complexity index is 833. The number of anilines is 2. The van der Waals surface area contributed by atoms with E-state index in [1.807, 2.05) is 18.2 Å². The maximum atomic E-state index is 14.0. The molecule has 2 fully saturated rings. The van der Waals surface area contributed by atoms with Crippen molar-refractivity contribution in [3.63, 3.8) is 0 Å². The van der Waals surface area contributed by atoms with Gasteiger partial charge in [0.15, 0.2) is 0 Å². The van der Waals surface area contributed by atoms with Gasteiger partial charge in [-0.05, 0) is 56.8 Å². The van der Waals surface area contributed by atoms with Gasteiger partial charge in [-0.2, -0.15) is 0 Å². The Morgan fingerprint density at radius 1 is 1.03 bits per heavy atom. The number of benzene rings is 2. The number of hydrogen-bond donors (Lipinski definition) is 1. The van der Waals surface area contributed by atoms with Gasteiger partial charge >= 0.3 is 0 Å². The number of likely N-dealkylation sites (N-methyl/N-ethyl adjacent to an activating group) is 1.